The monoisotopic (exact) mass is 345 g/mol. The standard InChI is InChI=1S/C15H14N4O6/c1-25-13-5-9(4-12(14(13)21)19(23)24)6-17-18-15(22)10-2-3-11(8-20)16-7-10/h2-7,20-21H,8H2,1H3,(H,18,22)/p-1/b17-6-. The quantitative estimate of drug-likeness (QED) is 0.435. The lowest BCUT2D eigenvalue weighted by Crippen LogP contribution is -2.18. The fraction of sp³-hybridized carbons (Fsp3) is 0.133. The molecule has 0 saturated carbocycles. The number of carbonyl (C=O) groups excluding carboxylic acids is 1. The van der Waals surface area contributed by atoms with Gasteiger partial charge < -0.3 is 14.9 Å². The molecule has 1 aromatic carbocycles. The summed E-state index contributed by atoms with van der Waals surface area (Å²) >= 11 is 0. The highest BCUT2D eigenvalue weighted by molar-refractivity contribution is 5.94. The van der Waals surface area contributed by atoms with E-state index in [0.29, 0.717) is 5.69 Å². The summed E-state index contributed by atoms with van der Waals surface area (Å²) in [5, 5.41) is 35.2. The van der Waals surface area contributed by atoms with Crippen LogP contribution in [-0.4, -0.2) is 34.2 Å². The smallest absolute Gasteiger partial charge is 0.272 e. The summed E-state index contributed by atoms with van der Waals surface area (Å²) in [5.74, 6) is -1.61. The number of ether oxygens (including phenoxy) is 1. The zero-order chi connectivity index (χ0) is 18.4. The second-order valence-electron chi connectivity index (χ2n) is 4.72. The summed E-state index contributed by atoms with van der Waals surface area (Å²) in [6.07, 6.45) is 2.42. The number of pyridine rings is 1. The normalized spacial score (nSPS) is 10.6. The number of hydrazone groups is 1. The number of nitrogens with one attached hydrogen (secondary N) is 1. The molecule has 1 aromatic heterocycles. The van der Waals surface area contributed by atoms with Crippen molar-refractivity contribution < 1.29 is 24.7 Å². The van der Waals surface area contributed by atoms with Crippen LogP contribution in [0.15, 0.2) is 35.6 Å². The van der Waals surface area contributed by atoms with Crippen LogP contribution in [0.4, 0.5) is 5.69 Å². The number of aromatic nitrogens is 1. The zero-order valence-corrected chi connectivity index (χ0v) is 13.0. The minimum absolute atomic E-state index is 0.203. The average molecular weight is 345 g/mol. The van der Waals surface area contributed by atoms with Gasteiger partial charge in [-0.15, -0.1) is 0 Å². The third kappa shape index (κ3) is 4.26. The lowest BCUT2D eigenvalue weighted by atomic mass is 10.2. The molecule has 0 radical (unpaired) electrons. The average Bonchev–Trinajstić information content (AvgIpc) is 2.62. The van der Waals surface area contributed by atoms with E-state index in [1.165, 1.54) is 31.5 Å². The van der Waals surface area contributed by atoms with Crippen molar-refractivity contribution in [2.75, 3.05) is 7.11 Å². The van der Waals surface area contributed by atoms with Gasteiger partial charge in [-0.2, -0.15) is 5.10 Å². The molecule has 10 nitrogen and oxygen atoms in total. The number of rotatable bonds is 6. The Kier molecular flexibility index (Phi) is 5.58. The van der Waals surface area contributed by atoms with Crippen LogP contribution in [0.1, 0.15) is 21.6 Å². The molecule has 0 spiro atoms. The molecular formula is C15H13N4O6-. The Labute approximate surface area is 141 Å². The predicted molar refractivity (Wildman–Crippen MR) is 84.3 cm³/mol. The first kappa shape index (κ1) is 17.8. The van der Waals surface area contributed by atoms with Gasteiger partial charge in [-0.1, -0.05) is 0 Å². The van der Waals surface area contributed by atoms with Crippen molar-refractivity contribution >= 4 is 17.8 Å². The van der Waals surface area contributed by atoms with Crippen LogP contribution >= 0.6 is 0 Å². The minimum Gasteiger partial charge on any atom is -0.865 e. The predicted octanol–water partition coefficient (Wildman–Crippen LogP) is 0.328. The van der Waals surface area contributed by atoms with Crippen LogP contribution in [0.5, 0.6) is 11.5 Å². The Morgan fingerprint density at radius 2 is 2.24 bits per heavy atom. The van der Waals surface area contributed by atoms with Gasteiger partial charge in [0.2, 0.25) is 0 Å². The highest BCUT2D eigenvalue weighted by Gasteiger charge is 2.13. The maximum absolute atomic E-state index is 11.9. The van der Waals surface area contributed by atoms with Gasteiger partial charge in [0.25, 0.3) is 11.6 Å². The zero-order valence-electron chi connectivity index (χ0n) is 13.0. The third-order valence-corrected chi connectivity index (χ3v) is 3.10. The van der Waals surface area contributed by atoms with E-state index in [1.54, 1.807) is 0 Å². The molecule has 0 aliphatic rings. The van der Waals surface area contributed by atoms with Gasteiger partial charge in [-0.3, -0.25) is 19.9 Å². The number of carbonyl (C=O) groups is 1. The molecule has 0 bridgehead atoms. The van der Waals surface area contributed by atoms with E-state index in [9.17, 15) is 20.0 Å². The van der Waals surface area contributed by atoms with Crippen molar-refractivity contribution in [1.29, 1.82) is 0 Å². The number of aliphatic hydroxyl groups is 1. The largest absolute Gasteiger partial charge is 0.865 e. The molecule has 1 amide bonds. The molecule has 0 fully saturated rings. The minimum atomic E-state index is -0.844. The molecule has 0 aliphatic carbocycles. The number of methoxy groups -OCH3 is 1. The molecule has 2 N–H and O–H groups in total. The van der Waals surface area contributed by atoms with E-state index in [4.69, 9.17) is 9.84 Å². The molecule has 2 rings (SSSR count). The molecule has 0 atom stereocenters. The van der Waals surface area contributed by atoms with E-state index in [-0.39, 0.29) is 23.5 Å². The fourth-order valence-corrected chi connectivity index (χ4v) is 1.85. The van der Waals surface area contributed by atoms with E-state index in [2.05, 4.69) is 15.5 Å². The van der Waals surface area contributed by atoms with E-state index < -0.39 is 22.3 Å². The van der Waals surface area contributed by atoms with Gasteiger partial charge >= 0.3 is 0 Å². The maximum atomic E-state index is 11.9. The number of nitrogens with zero attached hydrogens (tertiary/aromatic N) is 3. The van der Waals surface area contributed by atoms with Crippen molar-refractivity contribution in [1.82, 2.24) is 10.4 Å². The molecule has 0 unspecified atom stereocenters. The SMILES string of the molecule is COc1cc(/C=N\NC(=O)c2ccc(CO)nc2)cc([N+](=O)[O-])c1[O-]. The van der Waals surface area contributed by atoms with Crippen LogP contribution in [0, 0.1) is 10.1 Å². The third-order valence-electron chi connectivity index (χ3n) is 3.10. The van der Waals surface area contributed by atoms with Gasteiger partial charge in [-0.25, -0.2) is 5.43 Å². The Morgan fingerprint density at radius 3 is 2.80 bits per heavy atom. The fourth-order valence-electron chi connectivity index (χ4n) is 1.85. The summed E-state index contributed by atoms with van der Waals surface area (Å²) in [7, 11) is 1.21. The summed E-state index contributed by atoms with van der Waals surface area (Å²) in [6.45, 7) is -0.240. The summed E-state index contributed by atoms with van der Waals surface area (Å²) < 4.78 is 4.80. The van der Waals surface area contributed by atoms with Crippen molar-refractivity contribution in [3.05, 3.63) is 57.4 Å². The van der Waals surface area contributed by atoms with Crippen molar-refractivity contribution in [2.24, 2.45) is 5.10 Å². The van der Waals surface area contributed by atoms with Gasteiger partial charge in [0.05, 0.1) is 36.1 Å². The van der Waals surface area contributed by atoms with Crippen molar-refractivity contribution in [3.8, 4) is 11.5 Å². The summed E-state index contributed by atoms with van der Waals surface area (Å²) in [6, 6.07) is 5.24. The second-order valence-corrected chi connectivity index (χ2v) is 4.72. The molecule has 2 aromatic rings. The summed E-state index contributed by atoms with van der Waals surface area (Å²) in [5.41, 5.74) is 2.40. The van der Waals surface area contributed by atoms with Gasteiger partial charge in [0.1, 0.15) is 5.75 Å². The van der Waals surface area contributed by atoms with Crippen molar-refractivity contribution in [3.63, 3.8) is 0 Å². The topological polar surface area (TPSA) is 150 Å². The van der Waals surface area contributed by atoms with Crippen LogP contribution in [0.2, 0.25) is 0 Å². The van der Waals surface area contributed by atoms with E-state index in [0.717, 1.165) is 12.3 Å². The Morgan fingerprint density at radius 1 is 1.48 bits per heavy atom. The highest BCUT2D eigenvalue weighted by atomic mass is 16.6. The molecular weight excluding hydrogens is 332 g/mol. The first-order valence-corrected chi connectivity index (χ1v) is 6.89. The molecule has 130 valence electrons. The Hall–Kier alpha value is -3.53. The number of benzene rings is 1. The van der Waals surface area contributed by atoms with E-state index in [1.807, 2.05) is 0 Å². The number of nitro groups is 1. The number of aliphatic hydroxyl groups excluding tert-OH is 1. The number of amides is 1. The lowest BCUT2D eigenvalue weighted by Gasteiger charge is -2.12. The first-order chi connectivity index (χ1) is 12.0. The highest BCUT2D eigenvalue weighted by Crippen LogP contribution is 2.33. The van der Waals surface area contributed by atoms with Crippen LogP contribution in [0.25, 0.3) is 0 Å². The van der Waals surface area contributed by atoms with Crippen LogP contribution in [-0.2, 0) is 6.61 Å². The number of hydrogen-bond donors (Lipinski definition) is 2. The summed E-state index contributed by atoms with van der Waals surface area (Å²) in [4.78, 5) is 25.8. The Bertz CT molecular complexity index is 820. The Balaban J connectivity index is 2.14. The van der Waals surface area contributed by atoms with Crippen molar-refractivity contribution in [2.45, 2.75) is 6.61 Å². The molecule has 0 aliphatic heterocycles. The maximum Gasteiger partial charge on any atom is 0.272 e. The molecule has 10 heteroatoms. The van der Waals surface area contributed by atoms with Gasteiger partial charge in [0, 0.05) is 23.6 Å². The first-order valence-electron chi connectivity index (χ1n) is 6.89. The molecule has 25 heavy (non-hydrogen) atoms. The van der Waals surface area contributed by atoms with Gasteiger partial charge in [-0.05, 0) is 18.2 Å². The molecule has 0 saturated heterocycles. The van der Waals surface area contributed by atoms with Gasteiger partial charge in [0.15, 0.2) is 0 Å². The van der Waals surface area contributed by atoms with Crippen LogP contribution in [0.3, 0.4) is 0 Å². The number of hydrogen-bond acceptors (Lipinski definition) is 8. The van der Waals surface area contributed by atoms with E-state index >= 15 is 0 Å². The lowest BCUT2D eigenvalue weighted by molar-refractivity contribution is -0.398. The molecule has 1 heterocycles. The second kappa shape index (κ2) is 7.84. The van der Waals surface area contributed by atoms with Crippen LogP contribution < -0.4 is 15.3 Å². The number of nitro benzene ring substituents is 1.